The van der Waals surface area contributed by atoms with Crippen molar-refractivity contribution in [3.05, 3.63) is 35.7 Å². The molecule has 1 aromatic carbocycles. The molecular weight excluding hydrogens is 364 g/mol. The van der Waals surface area contributed by atoms with Crippen molar-refractivity contribution in [2.75, 3.05) is 12.4 Å². The molecule has 0 saturated heterocycles. The summed E-state index contributed by atoms with van der Waals surface area (Å²) in [6.07, 6.45) is 0. The predicted octanol–water partition coefficient (Wildman–Crippen LogP) is 1.26. The van der Waals surface area contributed by atoms with Gasteiger partial charge < -0.3 is 9.30 Å². The van der Waals surface area contributed by atoms with Crippen LogP contribution in [0.5, 0.6) is 0 Å². The van der Waals surface area contributed by atoms with Gasteiger partial charge in [-0.1, -0.05) is 29.5 Å². The molecule has 0 atom stereocenters. The van der Waals surface area contributed by atoms with Gasteiger partial charge in [0.15, 0.2) is 5.16 Å². The van der Waals surface area contributed by atoms with E-state index in [0.29, 0.717) is 17.6 Å². The SMILES string of the molecule is CCOC(=O)CSc1nnc(CNS(=O)(=O)c2ccc(C)cc2)n1C. The van der Waals surface area contributed by atoms with E-state index in [4.69, 9.17) is 4.74 Å². The highest BCUT2D eigenvalue weighted by Crippen LogP contribution is 2.16. The first-order valence-corrected chi connectivity index (χ1v) is 10.0. The van der Waals surface area contributed by atoms with Crippen molar-refractivity contribution in [3.8, 4) is 0 Å². The summed E-state index contributed by atoms with van der Waals surface area (Å²) in [5, 5.41) is 8.44. The summed E-state index contributed by atoms with van der Waals surface area (Å²) in [7, 11) is -1.92. The molecule has 2 rings (SSSR count). The molecule has 0 spiro atoms. The summed E-state index contributed by atoms with van der Waals surface area (Å²) in [5.74, 6) is 0.230. The Morgan fingerprint density at radius 3 is 2.60 bits per heavy atom. The largest absolute Gasteiger partial charge is 0.465 e. The van der Waals surface area contributed by atoms with E-state index in [2.05, 4.69) is 14.9 Å². The normalized spacial score (nSPS) is 11.5. The van der Waals surface area contributed by atoms with E-state index in [1.165, 1.54) is 11.8 Å². The number of sulfonamides is 1. The van der Waals surface area contributed by atoms with Gasteiger partial charge in [-0.05, 0) is 26.0 Å². The second-order valence-corrected chi connectivity index (χ2v) is 7.90. The Hall–Kier alpha value is -1.91. The van der Waals surface area contributed by atoms with Gasteiger partial charge in [0.1, 0.15) is 5.82 Å². The van der Waals surface area contributed by atoms with Crippen LogP contribution in [-0.4, -0.2) is 41.5 Å². The van der Waals surface area contributed by atoms with Gasteiger partial charge in [0.05, 0.1) is 23.8 Å². The van der Waals surface area contributed by atoms with Crippen LogP contribution in [0, 0.1) is 6.92 Å². The zero-order valence-corrected chi connectivity index (χ0v) is 15.9. The second-order valence-electron chi connectivity index (χ2n) is 5.19. The van der Waals surface area contributed by atoms with Crippen LogP contribution in [0.4, 0.5) is 0 Å². The Morgan fingerprint density at radius 1 is 1.28 bits per heavy atom. The number of nitrogens with zero attached hydrogens (tertiary/aromatic N) is 3. The molecule has 25 heavy (non-hydrogen) atoms. The van der Waals surface area contributed by atoms with E-state index < -0.39 is 10.0 Å². The average molecular weight is 384 g/mol. The number of hydrogen-bond donors (Lipinski definition) is 1. The minimum atomic E-state index is -3.63. The fraction of sp³-hybridized carbons (Fsp3) is 0.400. The number of hydrogen-bond acceptors (Lipinski definition) is 7. The fourth-order valence-electron chi connectivity index (χ4n) is 1.91. The Labute approximate surface area is 151 Å². The maximum Gasteiger partial charge on any atom is 0.316 e. The third kappa shape index (κ3) is 5.28. The van der Waals surface area contributed by atoms with Gasteiger partial charge >= 0.3 is 5.97 Å². The van der Waals surface area contributed by atoms with Crippen molar-refractivity contribution >= 4 is 27.8 Å². The Balaban J connectivity index is 1.99. The van der Waals surface area contributed by atoms with Crippen LogP contribution < -0.4 is 4.72 Å². The van der Waals surface area contributed by atoms with Gasteiger partial charge in [-0.3, -0.25) is 4.79 Å². The highest BCUT2D eigenvalue weighted by atomic mass is 32.2. The van der Waals surface area contributed by atoms with Crippen LogP contribution in [0.1, 0.15) is 18.3 Å². The molecule has 0 radical (unpaired) electrons. The summed E-state index contributed by atoms with van der Waals surface area (Å²) < 4.78 is 33.6. The lowest BCUT2D eigenvalue weighted by Crippen LogP contribution is -2.24. The summed E-state index contributed by atoms with van der Waals surface area (Å²) in [5.41, 5.74) is 0.982. The van der Waals surface area contributed by atoms with Gasteiger partial charge in [0, 0.05) is 7.05 Å². The molecule has 0 aliphatic heterocycles. The molecule has 0 saturated carbocycles. The average Bonchev–Trinajstić information content (AvgIpc) is 2.92. The lowest BCUT2D eigenvalue weighted by atomic mass is 10.2. The minimum Gasteiger partial charge on any atom is -0.465 e. The number of aromatic nitrogens is 3. The van der Waals surface area contributed by atoms with E-state index in [1.807, 2.05) is 6.92 Å². The topological polar surface area (TPSA) is 103 Å². The number of benzene rings is 1. The van der Waals surface area contributed by atoms with E-state index in [9.17, 15) is 13.2 Å². The molecule has 2 aromatic rings. The molecule has 8 nitrogen and oxygen atoms in total. The Morgan fingerprint density at radius 2 is 1.96 bits per heavy atom. The lowest BCUT2D eigenvalue weighted by Gasteiger charge is -2.07. The van der Waals surface area contributed by atoms with Gasteiger partial charge in [0.25, 0.3) is 0 Å². The van der Waals surface area contributed by atoms with E-state index >= 15 is 0 Å². The molecule has 0 fully saturated rings. The summed E-state index contributed by atoms with van der Waals surface area (Å²) in [4.78, 5) is 11.6. The highest BCUT2D eigenvalue weighted by molar-refractivity contribution is 7.99. The van der Waals surface area contributed by atoms with Crippen molar-refractivity contribution < 1.29 is 17.9 Å². The fourth-order valence-corrected chi connectivity index (χ4v) is 3.62. The monoisotopic (exact) mass is 384 g/mol. The molecule has 10 heteroatoms. The second kappa shape index (κ2) is 8.45. The molecule has 0 bridgehead atoms. The number of carbonyl (C=O) groups is 1. The maximum absolute atomic E-state index is 12.3. The maximum atomic E-state index is 12.3. The van der Waals surface area contributed by atoms with Crippen molar-refractivity contribution in [3.63, 3.8) is 0 Å². The van der Waals surface area contributed by atoms with Gasteiger partial charge in [-0.2, -0.15) is 0 Å². The number of carbonyl (C=O) groups excluding carboxylic acids is 1. The number of thioether (sulfide) groups is 1. The first kappa shape index (κ1) is 19.4. The molecule has 0 aliphatic rings. The quantitative estimate of drug-likeness (QED) is 0.540. The van der Waals surface area contributed by atoms with E-state index in [-0.39, 0.29) is 23.2 Å². The van der Waals surface area contributed by atoms with Crippen molar-refractivity contribution in [2.24, 2.45) is 7.05 Å². The van der Waals surface area contributed by atoms with Gasteiger partial charge in [-0.15, -0.1) is 10.2 Å². The van der Waals surface area contributed by atoms with Crippen LogP contribution in [0.2, 0.25) is 0 Å². The number of aryl methyl sites for hydroxylation is 1. The summed E-state index contributed by atoms with van der Waals surface area (Å²) in [6, 6.07) is 6.58. The highest BCUT2D eigenvalue weighted by Gasteiger charge is 2.17. The summed E-state index contributed by atoms with van der Waals surface area (Å²) in [6.45, 7) is 3.95. The smallest absolute Gasteiger partial charge is 0.316 e. The zero-order valence-electron chi connectivity index (χ0n) is 14.2. The van der Waals surface area contributed by atoms with Crippen molar-refractivity contribution in [1.82, 2.24) is 19.5 Å². The number of esters is 1. The first-order valence-electron chi connectivity index (χ1n) is 7.56. The van der Waals surface area contributed by atoms with Crippen molar-refractivity contribution in [1.29, 1.82) is 0 Å². The van der Waals surface area contributed by atoms with Crippen LogP contribution in [0.3, 0.4) is 0 Å². The number of nitrogens with one attached hydrogen (secondary N) is 1. The van der Waals surface area contributed by atoms with E-state index in [0.717, 1.165) is 5.56 Å². The molecule has 1 heterocycles. The van der Waals surface area contributed by atoms with Crippen LogP contribution in [0.15, 0.2) is 34.3 Å². The third-order valence-electron chi connectivity index (χ3n) is 3.30. The number of ether oxygens (including phenoxy) is 1. The van der Waals surface area contributed by atoms with Crippen LogP contribution >= 0.6 is 11.8 Å². The van der Waals surface area contributed by atoms with E-state index in [1.54, 1.807) is 42.8 Å². The minimum absolute atomic E-state index is 0.000321. The van der Waals surface area contributed by atoms with Crippen molar-refractivity contribution in [2.45, 2.75) is 30.4 Å². The molecule has 1 aromatic heterocycles. The zero-order chi connectivity index (χ0) is 18.4. The molecule has 1 N–H and O–H groups in total. The Bertz CT molecular complexity index is 832. The first-order chi connectivity index (χ1) is 11.8. The molecule has 0 aliphatic carbocycles. The molecule has 0 unspecified atom stereocenters. The van der Waals surface area contributed by atoms with Gasteiger partial charge in [0.2, 0.25) is 10.0 Å². The third-order valence-corrected chi connectivity index (χ3v) is 5.71. The molecule has 0 amide bonds. The van der Waals surface area contributed by atoms with Crippen LogP contribution in [0.25, 0.3) is 0 Å². The predicted molar refractivity (Wildman–Crippen MR) is 93.6 cm³/mol. The summed E-state index contributed by atoms with van der Waals surface area (Å²) >= 11 is 1.18. The Kier molecular flexibility index (Phi) is 6.57. The van der Waals surface area contributed by atoms with Gasteiger partial charge in [-0.25, -0.2) is 13.1 Å². The lowest BCUT2D eigenvalue weighted by molar-refractivity contribution is -0.139. The number of rotatable bonds is 8. The van der Waals surface area contributed by atoms with Crippen LogP contribution in [-0.2, 0) is 33.1 Å². The molecular formula is C15H20N4O4S2. The molecule has 136 valence electrons. The standard InChI is InChI=1S/C15H20N4O4S2/c1-4-23-14(20)10-24-15-18-17-13(19(15)3)9-16-25(21,22)12-7-5-11(2)6-8-12/h5-8,16H,4,9-10H2,1-3H3.